The number of aliphatic hydroxyl groups is 1. The number of aromatic nitrogens is 1. The van der Waals surface area contributed by atoms with E-state index in [9.17, 15) is 5.11 Å². The minimum atomic E-state index is -0.354. The van der Waals surface area contributed by atoms with Crippen molar-refractivity contribution in [1.29, 1.82) is 0 Å². The third-order valence-corrected chi connectivity index (χ3v) is 3.69. The first kappa shape index (κ1) is 11.0. The van der Waals surface area contributed by atoms with Crippen LogP contribution in [0, 0.1) is 0 Å². The molecule has 0 aromatic carbocycles. The standard InChI is InChI=1S/C11H17NO2S/c1-8(13)6-10-7-12-11(14-10)9-2-4-15-5-3-9/h7-9,13H,2-6H2,1H3. The Balaban J connectivity index is 1.99. The number of rotatable bonds is 3. The normalized spacial score (nSPS) is 20.4. The van der Waals surface area contributed by atoms with Gasteiger partial charge in [0.1, 0.15) is 5.76 Å². The van der Waals surface area contributed by atoms with Gasteiger partial charge in [-0.15, -0.1) is 0 Å². The number of thioether (sulfide) groups is 1. The predicted octanol–water partition coefficient (Wildman–Crippen LogP) is 2.21. The van der Waals surface area contributed by atoms with Crippen LogP contribution in [0.4, 0.5) is 0 Å². The molecule has 1 aliphatic heterocycles. The molecule has 3 nitrogen and oxygen atoms in total. The largest absolute Gasteiger partial charge is 0.445 e. The van der Waals surface area contributed by atoms with E-state index in [1.807, 2.05) is 11.8 Å². The van der Waals surface area contributed by atoms with Gasteiger partial charge in [-0.1, -0.05) is 0 Å². The molecule has 1 N–H and O–H groups in total. The zero-order valence-electron chi connectivity index (χ0n) is 8.98. The Labute approximate surface area is 94.3 Å². The van der Waals surface area contributed by atoms with Crippen LogP contribution in [0.2, 0.25) is 0 Å². The molecule has 0 aliphatic carbocycles. The van der Waals surface area contributed by atoms with Gasteiger partial charge in [0.2, 0.25) is 0 Å². The van der Waals surface area contributed by atoms with E-state index in [2.05, 4.69) is 4.98 Å². The zero-order chi connectivity index (χ0) is 10.7. The first-order valence-electron chi connectivity index (χ1n) is 5.46. The molecule has 0 bridgehead atoms. The van der Waals surface area contributed by atoms with Crippen molar-refractivity contribution in [3.63, 3.8) is 0 Å². The Morgan fingerprint density at radius 3 is 3.00 bits per heavy atom. The van der Waals surface area contributed by atoms with E-state index in [4.69, 9.17) is 4.42 Å². The minimum absolute atomic E-state index is 0.354. The fraction of sp³-hybridized carbons (Fsp3) is 0.727. The lowest BCUT2D eigenvalue weighted by Crippen LogP contribution is -2.08. The summed E-state index contributed by atoms with van der Waals surface area (Å²) in [6.45, 7) is 1.76. The maximum Gasteiger partial charge on any atom is 0.197 e. The van der Waals surface area contributed by atoms with Crippen molar-refractivity contribution in [2.24, 2.45) is 0 Å². The Morgan fingerprint density at radius 2 is 2.33 bits per heavy atom. The van der Waals surface area contributed by atoms with Crippen LogP contribution in [0.15, 0.2) is 10.6 Å². The van der Waals surface area contributed by atoms with Crippen LogP contribution in [-0.2, 0) is 6.42 Å². The molecular weight excluding hydrogens is 210 g/mol. The minimum Gasteiger partial charge on any atom is -0.445 e. The highest BCUT2D eigenvalue weighted by Gasteiger charge is 2.20. The second-order valence-corrected chi connectivity index (χ2v) is 5.33. The van der Waals surface area contributed by atoms with Crippen LogP contribution < -0.4 is 0 Å². The maximum atomic E-state index is 9.23. The van der Waals surface area contributed by atoms with E-state index in [1.165, 1.54) is 24.3 Å². The Hall–Kier alpha value is -0.480. The van der Waals surface area contributed by atoms with Gasteiger partial charge >= 0.3 is 0 Å². The monoisotopic (exact) mass is 227 g/mol. The highest BCUT2D eigenvalue weighted by Crippen LogP contribution is 2.31. The van der Waals surface area contributed by atoms with Gasteiger partial charge in [0, 0.05) is 12.3 Å². The lowest BCUT2D eigenvalue weighted by Gasteiger charge is -2.17. The van der Waals surface area contributed by atoms with Gasteiger partial charge in [0.15, 0.2) is 5.89 Å². The summed E-state index contributed by atoms with van der Waals surface area (Å²) in [5.74, 6) is 4.58. The average molecular weight is 227 g/mol. The van der Waals surface area contributed by atoms with Gasteiger partial charge in [-0.2, -0.15) is 11.8 Å². The molecule has 0 radical (unpaired) electrons. The fourth-order valence-electron chi connectivity index (χ4n) is 1.84. The molecule has 1 aliphatic rings. The highest BCUT2D eigenvalue weighted by atomic mass is 32.2. The molecule has 1 aromatic heterocycles. The van der Waals surface area contributed by atoms with Crippen molar-refractivity contribution in [2.75, 3.05) is 11.5 Å². The fourth-order valence-corrected chi connectivity index (χ4v) is 2.95. The first-order chi connectivity index (χ1) is 7.25. The van der Waals surface area contributed by atoms with Crippen LogP contribution >= 0.6 is 11.8 Å². The molecule has 0 amide bonds. The van der Waals surface area contributed by atoms with E-state index in [1.54, 1.807) is 13.1 Å². The Morgan fingerprint density at radius 1 is 1.60 bits per heavy atom. The van der Waals surface area contributed by atoms with Gasteiger partial charge in [-0.3, -0.25) is 0 Å². The molecule has 1 atom stereocenters. The first-order valence-corrected chi connectivity index (χ1v) is 6.61. The van der Waals surface area contributed by atoms with Crippen LogP contribution in [0.25, 0.3) is 0 Å². The molecule has 0 saturated carbocycles. The third kappa shape index (κ3) is 2.98. The molecule has 1 unspecified atom stereocenters. The number of aliphatic hydroxyl groups excluding tert-OH is 1. The summed E-state index contributed by atoms with van der Waals surface area (Å²) in [7, 11) is 0. The second kappa shape index (κ2) is 5.03. The van der Waals surface area contributed by atoms with Crippen molar-refractivity contribution in [1.82, 2.24) is 4.98 Å². The summed E-state index contributed by atoms with van der Waals surface area (Å²) in [5, 5.41) is 9.23. The molecule has 2 rings (SSSR count). The van der Waals surface area contributed by atoms with Crippen LogP contribution in [0.3, 0.4) is 0 Å². The highest BCUT2D eigenvalue weighted by molar-refractivity contribution is 7.99. The predicted molar refractivity (Wildman–Crippen MR) is 61.2 cm³/mol. The molecule has 1 aromatic rings. The molecule has 1 saturated heterocycles. The van der Waals surface area contributed by atoms with Crippen LogP contribution in [0.5, 0.6) is 0 Å². The number of hydrogen-bond donors (Lipinski definition) is 1. The zero-order valence-corrected chi connectivity index (χ0v) is 9.80. The summed E-state index contributed by atoms with van der Waals surface area (Å²) in [4.78, 5) is 4.31. The molecule has 84 valence electrons. The lowest BCUT2D eigenvalue weighted by atomic mass is 10.0. The quantitative estimate of drug-likeness (QED) is 0.860. The van der Waals surface area contributed by atoms with E-state index >= 15 is 0 Å². The average Bonchev–Trinajstić information content (AvgIpc) is 2.67. The summed E-state index contributed by atoms with van der Waals surface area (Å²) in [5.41, 5.74) is 0. The van der Waals surface area contributed by atoms with Crippen LogP contribution in [0.1, 0.15) is 37.3 Å². The van der Waals surface area contributed by atoms with Gasteiger partial charge in [0.05, 0.1) is 12.3 Å². The molecular formula is C11H17NO2S. The Bertz CT molecular complexity index is 305. The van der Waals surface area contributed by atoms with Gasteiger partial charge in [-0.25, -0.2) is 4.98 Å². The molecule has 0 spiro atoms. The molecule has 15 heavy (non-hydrogen) atoms. The third-order valence-electron chi connectivity index (χ3n) is 2.64. The summed E-state index contributed by atoms with van der Waals surface area (Å²) >= 11 is 2.00. The van der Waals surface area contributed by atoms with Crippen LogP contribution in [-0.4, -0.2) is 27.7 Å². The summed E-state index contributed by atoms with van der Waals surface area (Å²) in [6, 6.07) is 0. The topological polar surface area (TPSA) is 46.3 Å². The van der Waals surface area contributed by atoms with Crippen molar-refractivity contribution in [2.45, 2.75) is 38.2 Å². The Kier molecular flexibility index (Phi) is 3.70. The maximum absolute atomic E-state index is 9.23. The van der Waals surface area contributed by atoms with Crippen molar-refractivity contribution in [3.05, 3.63) is 17.8 Å². The van der Waals surface area contributed by atoms with Crippen molar-refractivity contribution >= 4 is 11.8 Å². The smallest absolute Gasteiger partial charge is 0.197 e. The van der Waals surface area contributed by atoms with E-state index in [0.717, 1.165) is 11.7 Å². The summed E-state index contributed by atoms with van der Waals surface area (Å²) in [6.07, 6.45) is 4.30. The number of hydrogen-bond acceptors (Lipinski definition) is 4. The number of oxazole rings is 1. The SMILES string of the molecule is CC(O)Cc1cnc(C2CCSCC2)o1. The van der Waals surface area contributed by atoms with E-state index in [0.29, 0.717) is 12.3 Å². The molecule has 1 fully saturated rings. The second-order valence-electron chi connectivity index (χ2n) is 4.10. The molecule has 2 heterocycles. The van der Waals surface area contributed by atoms with Gasteiger partial charge < -0.3 is 9.52 Å². The van der Waals surface area contributed by atoms with Crippen molar-refractivity contribution < 1.29 is 9.52 Å². The lowest BCUT2D eigenvalue weighted by molar-refractivity contribution is 0.186. The van der Waals surface area contributed by atoms with Gasteiger partial charge in [0.25, 0.3) is 0 Å². The van der Waals surface area contributed by atoms with E-state index in [-0.39, 0.29) is 6.10 Å². The van der Waals surface area contributed by atoms with E-state index < -0.39 is 0 Å². The summed E-state index contributed by atoms with van der Waals surface area (Å²) < 4.78 is 5.65. The number of nitrogens with zero attached hydrogens (tertiary/aromatic N) is 1. The molecule has 4 heteroatoms. The van der Waals surface area contributed by atoms with Crippen molar-refractivity contribution in [3.8, 4) is 0 Å². The van der Waals surface area contributed by atoms with Gasteiger partial charge in [-0.05, 0) is 31.3 Å².